The molecule has 5 aromatic rings. The van der Waals surface area contributed by atoms with Crippen LogP contribution in [0.1, 0.15) is 0 Å². The van der Waals surface area contributed by atoms with Crippen LogP contribution in [0.4, 0.5) is 0 Å². The number of methoxy groups -OCH3 is 1. The summed E-state index contributed by atoms with van der Waals surface area (Å²) in [6.45, 7) is 0. The van der Waals surface area contributed by atoms with Crippen molar-refractivity contribution in [3.63, 3.8) is 0 Å². The summed E-state index contributed by atoms with van der Waals surface area (Å²) in [5.74, 6) is 0.761. The molecule has 31 heavy (non-hydrogen) atoms. The molecule has 0 aliphatic heterocycles. The number of nitrogens with one attached hydrogen (secondary N) is 1. The summed E-state index contributed by atoms with van der Waals surface area (Å²) in [6.07, 6.45) is 6.67. The highest BCUT2D eigenvalue weighted by Gasteiger charge is 2.23. The predicted octanol–water partition coefficient (Wildman–Crippen LogP) is 4.34. The number of fused-ring (bicyclic) bond motifs is 1. The minimum absolute atomic E-state index is 0.201. The molecule has 0 saturated heterocycles. The van der Waals surface area contributed by atoms with Crippen LogP contribution in [-0.4, -0.2) is 34.7 Å². The molecule has 0 radical (unpaired) electrons. The summed E-state index contributed by atoms with van der Waals surface area (Å²) in [7, 11) is -2.19. The van der Waals surface area contributed by atoms with Gasteiger partial charge in [-0.2, -0.15) is 5.10 Å². The molecule has 7 nitrogen and oxygen atoms in total. The fraction of sp³-hybridized carbons (Fsp3) is 0.0435. The standard InChI is InChI=1S/C23H18N4O3S/c1-30-19-9-7-16(8-10-19)17-11-21-22(18-13-25-26-14-18)15-27(23(21)24-12-17)31(28,29)20-5-3-2-4-6-20/h2-15H,1H3,(H,25,26). The van der Waals surface area contributed by atoms with Crippen LogP contribution < -0.4 is 4.74 Å². The lowest BCUT2D eigenvalue weighted by atomic mass is 10.0. The van der Waals surface area contributed by atoms with Gasteiger partial charge in [-0.3, -0.25) is 5.10 Å². The number of hydrogen-bond donors (Lipinski definition) is 1. The van der Waals surface area contributed by atoms with Crippen molar-refractivity contribution >= 4 is 21.1 Å². The number of hydrogen-bond acceptors (Lipinski definition) is 5. The quantitative estimate of drug-likeness (QED) is 0.448. The van der Waals surface area contributed by atoms with Crippen LogP contribution in [-0.2, 0) is 10.0 Å². The van der Waals surface area contributed by atoms with Crippen LogP contribution in [0.25, 0.3) is 33.3 Å². The van der Waals surface area contributed by atoms with Gasteiger partial charge in [-0.1, -0.05) is 30.3 Å². The number of H-pyrrole nitrogens is 1. The SMILES string of the molecule is COc1ccc(-c2cnc3c(c2)c(-c2cn[nH]c2)cn3S(=O)(=O)c2ccccc2)cc1. The lowest BCUT2D eigenvalue weighted by Gasteiger charge is -2.08. The summed E-state index contributed by atoms with van der Waals surface area (Å²) in [5.41, 5.74) is 3.69. The average molecular weight is 430 g/mol. The van der Waals surface area contributed by atoms with E-state index in [-0.39, 0.29) is 4.90 Å². The third kappa shape index (κ3) is 3.27. The maximum atomic E-state index is 13.3. The van der Waals surface area contributed by atoms with Gasteiger partial charge in [-0.15, -0.1) is 0 Å². The highest BCUT2D eigenvalue weighted by Crippen LogP contribution is 2.34. The zero-order valence-corrected chi connectivity index (χ0v) is 17.4. The zero-order valence-electron chi connectivity index (χ0n) is 16.6. The van der Waals surface area contributed by atoms with E-state index in [9.17, 15) is 8.42 Å². The Balaban J connectivity index is 1.73. The van der Waals surface area contributed by atoms with Crippen molar-refractivity contribution in [2.75, 3.05) is 7.11 Å². The van der Waals surface area contributed by atoms with E-state index < -0.39 is 10.0 Å². The summed E-state index contributed by atoms with van der Waals surface area (Å²) in [5, 5.41) is 7.52. The second-order valence-electron chi connectivity index (χ2n) is 6.97. The molecule has 0 bridgehead atoms. The van der Waals surface area contributed by atoms with E-state index in [1.807, 2.05) is 30.3 Å². The van der Waals surface area contributed by atoms with Gasteiger partial charge in [0, 0.05) is 40.7 Å². The minimum atomic E-state index is -3.82. The number of rotatable bonds is 5. The van der Waals surface area contributed by atoms with E-state index in [1.54, 1.807) is 62.2 Å². The Morgan fingerprint density at radius 2 is 1.71 bits per heavy atom. The molecule has 8 heteroatoms. The Labute approximate surface area is 179 Å². The number of aromatic nitrogens is 4. The van der Waals surface area contributed by atoms with Crippen molar-refractivity contribution in [2.24, 2.45) is 0 Å². The summed E-state index contributed by atoms with van der Waals surface area (Å²) in [6, 6.07) is 17.9. The van der Waals surface area contributed by atoms with Gasteiger partial charge in [-0.05, 0) is 35.9 Å². The third-order valence-electron chi connectivity index (χ3n) is 5.14. The highest BCUT2D eigenvalue weighted by molar-refractivity contribution is 7.90. The Hall–Kier alpha value is -3.91. The smallest absolute Gasteiger partial charge is 0.269 e. The van der Waals surface area contributed by atoms with E-state index in [2.05, 4.69) is 15.2 Å². The van der Waals surface area contributed by atoms with E-state index in [4.69, 9.17) is 4.74 Å². The minimum Gasteiger partial charge on any atom is -0.497 e. The summed E-state index contributed by atoms with van der Waals surface area (Å²) >= 11 is 0. The fourth-order valence-electron chi connectivity index (χ4n) is 3.54. The number of benzene rings is 2. The normalized spacial score (nSPS) is 11.6. The maximum Gasteiger partial charge on any atom is 0.269 e. The predicted molar refractivity (Wildman–Crippen MR) is 118 cm³/mol. The van der Waals surface area contributed by atoms with E-state index in [1.165, 1.54) is 3.97 Å². The van der Waals surface area contributed by atoms with Crippen LogP contribution in [0.2, 0.25) is 0 Å². The topological polar surface area (TPSA) is 89.9 Å². The molecule has 3 heterocycles. The van der Waals surface area contributed by atoms with Gasteiger partial charge in [0.25, 0.3) is 10.0 Å². The van der Waals surface area contributed by atoms with E-state index in [0.717, 1.165) is 28.0 Å². The van der Waals surface area contributed by atoms with Gasteiger partial charge in [0.05, 0.1) is 18.2 Å². The molecule has 0 fully saturated rings. The molecule has 0 amide bonds. The number of aromatic amines is 1. The first-order chi connectivity index (χ1) is 15.1. The van der Waals surface area contributed by atoms with Gasteiger partial charge in [0.15, 0.2) is 5.65 Å². The lowest BCUT2D eigenvalue weighted by Crippen LogP contribution is -2.12. The van der Waals surface area contributed by atoms with Crippen LogP contribution in [0.3, 0.4) is 0 Å². The van der Waals surface area contributed by atoms with Crippen LogP contribution in [0, 0.1) is 0 Å². The van der Waals surface area contributed by atoms with Crippen LogP contribution in [0.5, 0.6) is 5.75 Å². The van der Waals surface area contributed by atoms with Crippen LogP contribution >= 0.6 is 0 Å². The van der Waals surface area contributed by atoms with Gasteiger partial charge >= 0.3 is 0 Å². The monoisotopic (exact) mass is 430 g/mol. The van der Waals surface area contributed by atoms with Crippen molar-refractivity contribution < 1.29 is 13.2 Å². The average Bonchev–Trinajstić information content (AvgIpc) is 3.47. The van der Waals surface area contributed by atoms with Gasteiger partial charge < -0.3 is 4.74 Å². The summed E-state index contributed by atoms with van der Waals surface area (Å²) < 4.78 is 33.1. The Morgan fingerprint density at radius 3 is 2.39 bits per heavy atom. The number of ether oxygens (including phenoxy) is 1. The van der Waals surface area contributed by atoms with E-state index >= 15 is 0 Å². The van der Waals surface area contributed by atoms with Crippen molar-refractivity contribution in [1.82, 2.24) is 19.2 Å². The molecule has 0 aliphatic rings. The first kappa shape index (κ1) is 19.1. The Morgan fingerprint density at radius 1 is 0.935 bits per heavy atom. The maximum absolute atomic E-state index is 13.3. The molecule has 3 aromatic heterocycles. The fourth-order valence-corrected chi connectivity index (χ4v) is 4.88. The van der Waals surface area contributed by atoms with Crippen molar-refractivity contribution in [3.05, 3.63) is 85.5 Å². The molecule has 154 valence electrons. The molecular weight excluding hydrogens is 412 g/mol. The molecule has 2 aromatic carbocycles. The lowest BCUT2D eigenvalue weighted by molar-refractivity contribution is 0.415. The van der Waals surface area contributed by atoms with Gasteiger partial charge in [-0.25, -0.2) is 17.4 Å². The van der Waals surface area contributed by atoms with Gasteiger partial charge in [0.1, 0.15) is 5.75 Å². The Bertz CT molecular complexity index is 1460. The highest BCUT2D eigenvalue weighted by atomic mass is 32.2. The molecule has 1 N–H and O–H groups in total. The largest absolute Gasteiger partial charge is 0.497 e. The molecule has 0 unspecified atom stereocenters. The number of nitrogens with zero attached hydrogens (tertiary/aromatic N) is 3. The molecule has 0 spiro atoms. The molecular formula is C23H18N4O3S. The number of pyridine rings is 1. The van der Waals surface area contributed by atoms with Gasteiger partial charge in [0.2, 0.25) is 0 Å². The van der Waals surface area contributed by atoms with E-state index in [0.29, 0.717) is 11.0 Å². The first-order valence-electron chi connectivity index (χ1n) is 9.53. The second kappa shape index (κ2) is 7.41. The molecule has 0 atom stereocenters. The third-order valence-corrected chi connectivity index (χ3v) is 6.81. The molecule has 0 aliphatic carbocycles. The van der Waals surface area contributed by atoms with Crippen LogP contribution in [0.15, 0.2) is 90.3 Å². The van der Waals surface area contributed by atoms with Crippen molar-refractivity contribution in [3.8, 4) is 28.0 Å². The Kier molecular flexibility index (Phi) is 4.56. The summed E-state index contributed by atoms with van der Waals surface area (Å²) in [4.78, 5) is 4.74. The molecule has 5 rings (SSSR count). The zero-order chi connectivity index (χ0) is 21.4. The van der Waals surface area contributed by atoms with Crippen molar-refractivity contribution in [1.29, 1.82) is 0 Å². The first-order valence-corrected chi connectivity index (χ1v) is 11.0. The van der Waals surface area contributed by atoms with Crippen molar-refractivity contribution in [2.45, 2.75) is 4.90 Å². The second-order valence-corrected chi connectivity index (χ2v) is 8.78. The molecule has 0 saturated carbocycles.